The molecule has 0 radical (unpaired) electrons. The van der Waals surface area contributed by atoms with E-state index in [9.17, 15) is 4.79 Å². The molecule has 0 aromatic carbocycles. The van der Waals surface area contributed by atoms with Crippen LogP contribution in [0.4, 0.5) is 5.69 Å². The van der Waals surface area contributed by atoms with Crippen LogP contribution in [-0.4, -0.2) is 22.9 Å². The summed E-state index contributed by atoms with van der Waals surface area (Å²) >= 11 is 0. The zero-order chi connectivity index (χ0) is 13.3. The van der Waals surface area contributed by atoms with Gasteiger partial charge in [-0.1, -0.05) is 13.8 Å². The number of nitrogens with zero attached hydrogens (tertiary/aromatic N) is 2. The van der Waals surface area contributed by atoms with Gasteiger partial charge in [-0.2, -0.15) is 5.10 Å². The maximum Gasteiger partial charge on any atom is 0.360 e. The van der Waals surface area contributed by atoms with Gasteiger partial charge in [0.05, 0.1) is 18.8 Å². The Balaban J connectivity index is 2.17. The summed E-state index contributed by atoms with van der Waals surface area (Å²) in [6.07, 6.45) is 5.12. The molecule has 1 aromatic rings. The molecule has 2 N–H and O–H groups in total. The van der Waals surface area contributed by atoms with E-state index in [1.54, 1.807) is 6.20 Å². The number of aromatic nitrogens is 2. The van der Waals surface area contributed by atoms with Crippen LogP contribution in [0, 0.1) is 11.8 Å². The standard InChI is InChI=1S/C13H21N3O2/c1-8-4-5-10(6-9(8)2)16-7-11(14)12(15-16)13(17)18-3/h7-10H,4-6,14H2,1-3H3. The average Bonchev–Trinajstić information content (AvgIpc) is 2.74. The molecule has 1 heterocycles. The number of carbonyl (C=O) groups is 1. The Kier molecular flexibility index (Phi) is 3.59. The van der Waals surface area contributed by atoms with Crippen LogP contribution in [0.3, 0.4) is 0 Å². The largest absolute Gasteiger partial charge is 0.464 e. The number of methoxy groups -OCH3 is 1. The summed E-state index contributed by atoms with van der Waals surface area (Å²) in [6, 6.07) is 0.344. The number of rotatable bonds is 2. The molecule has 0 spiro atoms. The molecule has 1 aliphatic carbocycles. The van der Waals surface area contributed by atoms with E-state index in [1.807, 2.05) is 4.68 Å². The van der Waals surface area contributed by atoms with Gasteiger partial charge in [0.2, 0.25) is 0 Å². The number of hydrogen-bond acceptors (Lipinski definition) is 4. The Hall–Kier alpha value is -1.52. The zero-order valence-corrected chi connectivity index (χ0v) is 11.2. The van der Waals surface area contributed by atoms with Gasteiger partial charge in [0.15, 0.2) is 5.69 Å². The van der Waals surface area contributed by atoms with Gasteiger partial charge in [0.1, 0.15) is 0 Å². The molecule has 0 bridgehead atoms. The fraction of sp³-hybridized carbons (Fsp3) is 0.692. The van der Waals surface area contributed by atoms with E-state index < -0.39 is 5.97 Å². The second-order valence-corrected chi connectivity index (χ2v) is 5.33. The van der Waals surface area contributed by atoms with Crippen molar-refractivity contribution in [2.45, 2.75) is 39.2 Å². The van der Waals surface area contributed by atoms with Crippen LogP contribution < -0.4 is 5.73 Å². The predicted octanol–water partition coefficient (Wildman–Crippen LogP) is 2.25. The normalized spacial score (nSPS) is 28.1. The van der Waals surface area contributed by atoms with Crippen molar-refractivity contribution in [1.82, 2.24) is 9.78 Å². The highest BCUT2D eigenvalue weighted by atomic mass is 16.5. The van der Waals surface area contributed by atoms with Gasteiger partial charge in [-0.3, -0.25) is 4.68 Å². The van der Waals surface area contributed by atoms with Crippen molar-refractivity contribution in [3.8, 4) is 0 Å². The van der Waals surface area contributed by atoms with Crippen molar-refractivity contribution in [3.63, 3.8) is 0 Å². The molecule has 2 rings (SSSR count). The van der Waals surface area contributed by atoms with E-state index in [1.165, 1.54) is 13.5 Å². The smallest absolute Gasteiger partial charge is 0.360 e. The second-order valence-electron chi connectivity index (χ2n) is 5.33. The highest BCUT2D eigenvalue weighted by molar-refractivity contribution is 5.92. The maximum atomic E-state index is 11.5. The third kappa shape index (κ3) is 2.35. The zero-order valence-electron chi connectivity index (χ0n) is 11.2. The molecule has 1 aliphatic rings. The fourth-order valence-corrected chi connectivity index (χ4v) is 2.61. The first-order valence-electron chi connectivity index (χ1n) is 6.45. The van der Waals surface area contributed by atoms with Gasteiger partial charge in [-0.25, -0.2) is 4.79 Å². The van der Waals surface area contributed by atoms with Crippen LogP contribution in [-0.2, 0) is 4.74 Å². The molecule has 0 amide bonds. The van der Waals surface area contributed by atoms with Crippen molar-refractivity contribution < 1.29 is 9.53 Å². The molecule has 5 nitrogen and oxygen atoms in total. The highest BCUT2D eigenvalue weighted by Gasteiger charge is 2.27. The van der Waals surface area contributed by atoms with Crippen molar-refractivity contribution in [2.24, 2.45) is 11.8 Å². The third-order valence-corrected chi connectivity index (χ3v) is 4.08. The Morgan fingerprint density at radius 1 is 1.44 bits per heavy atom. The predicted molar refractivity (Wildman–Crippen MR) is 69.2 cm³/mol. The van der Waals surface area contributed by atoms with E-state index in [0.717, 1.165) is 18.8 Å². The van der Waals surface area contributed by atoms with Crippen molar-refractivity contribution >= 4 is 11.7 Å². The fourth-order valence-electron chi connectivity index (χ4n) is 2.61. The molecule has 3 unspecified atom stereocenters. The van der Waals surface area contributed by atoms with Crippen LogP contribution in [0.15, 0.2) is 6.20 Å². The number of hydrogen-bond donors (Lipinski definition) is 1. The molecule has 1 saturated carbocycles. The van der Waals surface area contributed by atoms with E-state index in [0.29, 0.717) is 17.6 Å². The van der Waals surface area contributed by atoms with E-state index >= 15 is 0 Å². The first-order valence-corrected chi connectivity index (χ1v) is 6.45. The lowest BCUT2D eigenvalue weighted by molar-refractivity contribution is 0.0593. The van der Waals surface area contributed by atoms with Crippen LogP contribution in [0.2, 0.25) is 0 Å². The Bertz CT molecular complexity index is 441. The first kappa shape index (κ1) is 12.9. The van der Waals surface area contributed by atoms with Crippen molar-refractivity contribution in [3.05, 3.63) is 11.9 Å². The van der Waals surface area contributed by atoms with Crippen LogP contribution in [0.5, 0.6) is 0 Å². The second kappa shape index (κ2) is 5.00. The van der Waals surface area contributed by atoms with Crippen LogP contribution >= 0.6 is 0 Å². The lowest BCUT2D eigenvalue weighted by Crippen LogP contribution is -2.23. The Morgan fingerprint density at radius 3 is 2.78 bits per heavy atom. The number of carbonyl (C=O) groups excluding carboxylic acids is 1. The lowest BCUT2D eigenvalue weighted by Gasteiger charge is -2.32. The van der Waals surface area contributed by atoms with Gasteiger partial charge < -0.3 is 10.5 Å². The highest BCUT2D eigenvalue weighted by Crippen LogP contribution is 2.36. The van der Waals surface area contributed by atoms with Gasteiger partial charge in [-0.05, 0) is 31.1 Å². The van der Waals surface area contributed by atoms with E-state index in [4.69, 9.17) is 5.73 Å². The Morgan fingerprint density at radius 2 is 2.17 bits per heavy atom. The number of ether oxygens (including phenoxy) is 1. The minimum absolute atomic E-state index is 0.226. The van der Waals surface area contributed by atoms with Crippen molar-refractivity contribution in [1.29, 1.82) is 0 Å². The minimum atomic E-state index is -0.469. The van der Waals surface area contributed by atoms with E-state index in [-0.39, 0.29) is 5.69 Å². The number of nitrogen functional groups attached to an aromatic ring is 1. The molecule has 1 fully saturated rings. The van der Waals surface area contributed by atoms with Crippen LogP contribution in [0.1, 0.15) is 49.6 Å². The molecule has 18 heavy (non-hydrogen) atoms. The summed E-state index contributed by atoms with van der Waals surface area (Å²) in [4.78, 5) is 11.5. The monoisotopic (exact) mass is 251 g/mol. The summed E-state index contributed by atoms with van der Waals surface area (Å²) in [7, 11) is 1.34. The molecule has 5 heteroatoms. The quantitative estimate of drug-likeness (QED) is 0.818. The summed E-state index contributed by atoms with van der Waals surface area (Å²) < 4.78 is 6.50. The molecule has 3 atom stereocenters. The molecule has 100 valence electrons. The molecule has 1 aromatic heterocycles. The number of esters is 1. The summed E-state index contributed by atoms with van der Waals surface area (Å²) in [5.74, 6) is 0.966. The van der Waals surface area contributed by atoms with Crippen molar-refractivity contribution in [2.75, 3.05) is 12.8 Å². The molecular weight excluding hydrogens is 230 g/mol. The summed E-state index contributed by atoms with van der Waals surface area (Å²) in [5.41, 5.74) is 6.42. The van der Waals surface area contributed by atoms with E-state index in [2.05, 4.69) is 23.7 Å². The maximum absolute atomic E-state index is 11.5. The third-order valence-electron chi connectivity index (χ3n) is 4.08. The van der Waals surface area contributed by atoms with Gasteiger partial charge in [-0.15, -0.1) is 0 Å². The summed E-state index contributed by atoms with van der Waals surface area (Å²) in [5, 5.41) is 4.28. The average molecular weight is 251 g/mol. The summed E-state index contributed by atoms with van der Waals surface area (Å²) in [6.45, 7) is 4.56. The molecule has 0 aliphatic heterocycles. The minimum Gasteiger partial charge on any atom is -0.464 e. The number of nitrogens with two attached hydrogens (primary N) is 1. The Labute approximate surface area is 107 Å². The topological polar surface area (TPSA) is 70.1 Å². The van der Waals surface area contributed by atoms with Gasteiger partial charge in [0, 0.05) is 6.20 Å². The van der Waals surface area contributed by atoms with Gasteiger partial charge >= 0.3 is 5.97 Å². The molecule has 0 saturated heterocycles. The lowest BCUT2D eigenvalue weighted by atomic mass is 9.79. The number of anilines is 1. The van der Waals surface area contributed by atoms with Crippen LogP contribution in [0.25, 0.3) is 0 Å². The first-order chi connectivity index (χ1) is 8.52. The van der Waals surface area contributed by atoms with Gasteiger partial charge in [0.25, 0.3) is 0 Å². The SMILES string of the molecule is COC(=O)c1nn(C2CCC(C)C(C)C2)cc1N. The molecular formula is C13H21N3O2.